The summed E-state index contributed by atoms with van der Waals surface area (Å²) in [4.78, 5) is 42.3. The molecule has 5 rings (SSSR count). The molecule has 0 atom stereocenters. The van der Waals surface area contributed by atoms with Gasteiger partial charge in [0.25, 0.3) is 17.4 Å². The molecule has 0 saturated carbocycles. The second-order valence-electron chi connectivity index (χ2n) is 9.17. The van der Waals surface area contributed by atoms with Crippen molar-refractivity contribution in [2.45, 2.75) is 20.5 Å². The maximum Gasteiger partial charge on any atom is 0.290 e. The Balaban J connectivity index is 1.55. The van der Waals surface area contributed by atoms with Crippen molar-refractivity contribution in [2.24, 2.45) is 7.05 Å². The summed E-state index contributed by atoms with van der Waals surface area (Å²) < 4.78 is 8.36. The molecule has 0 spiro atoms. The van der Waals surface area contributed by atoms with E-state index in [2.05, 4.69) is 15.6 Å². The van der Waals surface area contributed by atoms with Crippen LogP contribution in [0.15, 0.2) is 70.1 Å². The number of rotatable bonds is 6. The number of benzene rings is 2. The third-order valence-electron chi connectivity index (χ3n) is 6.57. The van der Waals surface area contributed by atoms with E-state index in [1.807, 2.05) is 30.3 Å². The molecule has 0 aliphatic heterocycles. The minimum atomic E-state index is -0.451. The Morgan fingerprint density at radius 2 is 1.74 bits per heavy atom. The zero-order valence-electron chi connectivity index (χ0n) is 21.9. The van der Waals surface area contributed by atoms with E-state index in [9.17, 15) is 19.5 Å². The number of carbonyl (C=O) groups excluding carboxylic acids is 2. The topological polar surface area (TPSA) is 131 Å². The summed E-state index contributed by atoms with van der Waals surface area (Å²) in [5, 5.41) is 15.7. The molecule has 3 N–H and O–H groups in total. The zero-order valence-corrected chi connectivity index (χ0v) is 21.9. The Bertz CT molecular complexity index is 1790. The molecule has 0 bridgehead atoms. The first-order valence-electron chi connectivity index (χ1n) is 12.3. The highest BCUT2D eigenvalue weighted by molar-refractivity contribution is 6.08. The van der Waals surface area contributed by atoms with Gasteiger partial charge in [-0.05, 0) is 49.2 Å². The number of amides is 2. The molecule has 2 amide bonds. The van der Waals surface area contributed by atoms with Crippen LogP contribution in [-0.2, 0) is 13.7 Å². The molecule has 39 heavy (non-hydrogen) atoms. The third kappa shape index (κ3) is 4.62. The standard InChI is InChI=1S/C29H27N5O5/c1-16-14-34-23(26(31-16)28(37)32-21-7-5-6-20(12-21)27(36)30-3)13-22(24(34)15-35)18-8-10-19(11-9-18)25-17(2)39-33(4)29(25)38/h5-14,35H,15H2,1-4H3,(H,30,36)(H,32,37). The Hall–Kier alpha value is -4.96. The molecular weight excluding hydrogens is 498 g/mol. The number of aromatic nitrogens is 3. The number of anilines is 1. The second-order valence-corrected chi connectivity index (χ2v) is 9.17. The molecule has 3 heterocycles. The highest BCUT2D eigenvalue weighted by Crippen LogP contribution is 2.31. The lowest BCUT2D eigenvalue weighted by Gasteiger charge is -2.10. The average molecular weight is 526 g/mol. The summed E-state index contributed by atoms with van der Waals surface area (Å²) in [5.41, 5.74) is 5.26. The van der Waals surface area contributed by atoms with Gasteiger partial charge in [-0.1, -0.05) is 30.3 Å². The van der Waals surface area contributed by atoms with E-state index in [0.29, 0.717) is 39.5 Å². The molecular formula is C29H27N5O5. The molecule has 0 fully saturated rings. The molecule has 0 aliphatic rings. The molecule has 3 aromatic heterocycles. The highest BCUT2D eigenvalue weighted by atomic mass is 16.5. The second kappa shape index (κ2) is 10.1. The quantitative estimate of drug-likeness (QED) is 0.310. The number of nitrogens with zero attached hydrogens (tertiary/aromatic N) is 3. The summed E-state index contributed by atoms with van der Waals surface area (Å²) in [5.74, 6) is -0.188. The molecule has 2 aromatic carbocycles. The van der Waals surface area contributed by atoms with Gasteiger partial charge < -0.3 is 24.7 Å². The number of aryl methyl sites for hydroxylation is 3. The molecule has 0 radical (unpaired) electrons. The van der Waals surface area contributed by atoms with Gasteiger partial charge in [-0.25, -0.2) is 4.98 Å². The Morgan fingerprint density at radius 1 is 1.03 bits per heavy atom. The number of aliphatic hydroxyl groups excluding tert-OH is 1. The van der Waals surface area contributed by atoms with E-state index in [4.69, 9.17) is 4.52 Å². The van der Waals surface area contributed by atoms with E-state index in [-0.39, 0.29) is 23.8 Å². The molecule has 0 saturated heterocycles. The number of hydrogen-bond acceptors (Lipinski definition) is 6. The van der Waals surface area contributed by atoms with Crippen molar-refractivity contribution in [3.63, 3.8) is 0 Å². The number of hydrogen-bond donors (Lipinski definition) is 3. The minimum Gasteiger partial charge on any atom is -0.390 e. The van der Waals surface area contributed by atoms with Gasteiger partial charge in [0, 0.05) is 37.1 Å². The zero-order chi connectivity index (χ0) is 27.8. The van der Waals surface area contributed by atoms with Gasteiger partial charge in [-0.2, -0.15) is 4.74 Å². The van der Waals surface area contributed by atoms with Gasteiger partial charge in [0.05, 0.1) is 29.1 Å². The number of aliphatic hydroxyl groups is 1. The van der Waals surface area contributed by atoms with Crippen molar-refractivity contribution in [3.05, 3.63) is 99.6 Å². The maximum absolute atomic E-state index is 13.4. The van der Waals surface area contributed by atoms with E-state index in [1.54, 1.807) is 55.8 Å². The van der Waals surface area contributed by atoms with Crippen LogP contribution < -0.4 is 16.2 Å². The monoisotopic (exact) mass is 525 g/mol. The van der Waals surface area contributed by atoms with Gasteiger partial charge in [0.2, 0.25) is 0 Å². The summed E-state index contributed by atoms with van der Waals surface area (Å²) in [6, 6.07) is 15.8. The fourth-order valence-corrected chi connectivity index (χ4v) is 4.74. The summed E-state index contributed by atoms with van der Waals surface area (Å²) in [7, 11) is 3.10. The van der Waals surface area contributed by atoms with Crippen LogP contribution in [-0.4, -0.2) is 38.1 Å². The largest absolute Gasteiger partial charge is 0.390 e. The van der Waals surface area contributed by atoms with Crippen LogP contribution in [0.1, 0.15) is 38.0 Å². The fourth-order valence-electron chi connectivity index (χ4n) is 4.74. The molecule has 0 aliphatic carbocycles. The van der Waals surface area contributed by atoms with Crippen molar-refractivity contribution >= 4 is 23.0 Å². The van der Waals surface area contributed by atoms with E-state index >= 15 is 0 Å². The normalized spacial score (nSPS) is 11.1. The lowest BCUT2D eigenvalue weighted by molar-refractivity contribution is 0.0961. The molecule has 5 aromatic rings. The van der Waals surface area contributed by atoms with E-state index in [0.717, 1.165) is 16.7 Å². The molecule has 10 heteroatoms. The maximum atomic E-state index is 13.4. The van der Waals surface area contributed by atoms with Crippen molar-refractivity contribution in [1.82, 2.24) is 19.4 Å². The van der Waals surface area contributed by atoms with E-state index in [1.165, 1.54) is 11.8 Å². The van der Waals surface area contributed by atoms with Crippen molar-refractivity contribution in [1.29, 1.82) is 0 Å². The average Bonchev–Trinajstić information content (AvgIpc) is 3.42. The Labute approximate surface area is 223 Å². The van der Waals surface area contributed by atoms with Crippen molar-refractivity contribution in [2.75, 3.05) is 12.4 Å². The van der Waals surface area contributed by atoms with Crippen LogP contribution in [0, 0.1) is 13.8 Å². The molecule has 10 nitrogen and oxygen atoms in total. The molecule has 198 valence electrons. The van der Waals surface area contributed by atoms with Crippen molar-refractivity contribution in [3.8, 4) is 22.3 Å². The van der Waals surface area contributed by atoms with E-state index < -0.39 is 5.91 Å². The summed E-state index contributed by atoms with van der Waals surface area (Å²) in [6.07, 6.45) is 1.76. The third-order valence-corrected chi connectivity index (χ3v) is 6.57. The van der Waals surface area contributed by atoms with Gasteiger partial charge in [0.15, 0.2) is 5.69 Å². The van der Waals surface area contributed by atoms with Gasteiger partial charge >= 0.3 is 0 Å². The van der Waals surface area contributed by atoms with Gasteiger partial charge in [0.1, 0.15) is 5.76 Å². The predicted octanol–water partition coefficient (Wildman–Crippen LogP) is 3.68. The first-order valence-corrected chi connectivity index (χ1v) is 12.3. The van der Waals surface area contributed by atoms with Crippen LogP contribution in [0.3, 0.4) is 0 Å². The number of carbonyl (C=O) groups is 2. The van der Waals surface area contributed by atoms with Crippen molar-refractivity contribution < 1.29 is 19.2 Å². The lowest BCUT2D eigenvalue weighted by Crippen LogP contribution is -2.19. The molecule has 0 unspecified atom stereocenters. The predicted molar refractivity (Wildman–Crippen MR) is 147 cm³/mol. The summed E-state index contributed by atoms with van der Waals surface area (Å²) >= 11 is 0. The summed E-state index contributed by atoms with van der Waals surface area (Å²) in [6.45, 7) is 3.24. The first-order chi connectivity index (χ1) is 18.7. The first kappa shape index (κ1) is 25.7. The number of fused-ring (bicyclic) bond motifs is 1. The highest BCUT2D eigenvalue weighted by Gasteiger charge is 2.21. The van der Waals surface area contributed by atoms with Crippen LogP contribution in [0.4, 0.5) is 5.69 Å². The Morgan fingerprint density at radius 3 is 2.38 bits per heavy atom. The van der Waals surface area contributed by atoms with Crippen LogP contribution in [0.5, 0.6) is 0 Å². The lowest BCUT2D eigenvalue weighted by atomic mass is 10.0. The number of nitrogens with one attached hydrogen (secondary N) is 2. The van der Waals surface area contributed by atoms with Crippen LogP contribution in [0.2, 0.25) is 0 Å². The van der Waals surface area contributed by atoms with Gasteiger partial charge in [-0.3, -0.25) is 14.4 Å². The Kier molecular flexibility index (Phi) is 6.63. The van der Waals surface area contributed by atoms with Gasteiger partial charge in [-0.15, -0.1) is 0 Å². The SMILES string of the molecule is CNC(=O)c1cccc(NC(=O)c2nc(C)cn3c(CO)c(-c4ccc(-c5c(C)on(C)c5=O)cc4)cc23)c1. The van der Waals surface area contributed by atoms with Crippen LogP contribution >= 0.6 is 0 Å². The smallest absolute Gasteiger partial charge is 0.290 e. The van der Waals surface area contributed by atoms with Crippen LogP contribution in [0.25, 0.3) is 27.8 Å². The fraction of sp³-hybridized carbons (Fsp3) is 0.172. The minimum absolute atomic E-state index is 0.176.